The van der Waals surface area contributed by atoms with Crippen LogP contribution in [0.2, 0.25) is 0 Å². The van der Waals surface area contributed by atoms with Crippen molar-refractivity contribution in [1.82, 2.24) is 0 Å². The first-order valence-corrected chi connectivity index (χ1v) is 7.99. The van der Waals surface area contributed by atoms with Crippen molar-refractivity contribution < 1.29 is 22.4 Å². The van der Waals surface area contributed by atoms with Gasteiger partial charge >= 0.3 is 6.18 Å². The molecule has 1 heterocycles. The third-order valence-electron chi connectivity index (χ3n) is 5.51. The lowest BCUT2D eigenvalue weighted by molar-refractivity contribution is -0.132. The molecule has 1 aliphatic heterocycles. The quantitative estimate of drug-likeness (QED) is 0.759. The van der Waals surface area contributed by atoms with Crippen molar-refractivity contribution >= 4 is 11.6 Å². The average Bonchev–Trinajstić information content (AvgIpc) is 3.35. The van der Waals surface area contributed by atoms with Crippen LogP contribution in [0.1, 0.15) is 49.7 Å². The summed E-state index contributed by atoms with van der Waals surface area (Å²) in [5, 5.41) is 0. The molecule has 2 saturated carbocycles. The van der Waals surface area contributed by atoms with Crippen molar-refractivity contribution in [2.24, 2.45) is 5.92 Å². The summed E-state index contributed by atoms with van der Waals surface area (Å²) < 4.78 is 53.0. The van der Waals surface area contributed by atoms with Gasteiger partial charge in [-0.1, -0.05) is 13.3 Å². The Kier molecular flexibility index (Phi) is 2.92. The van der Waals surface area contributed by atoms with E-state index in [1.165, 1.54) is 12.1 Å². The molecule has 23 heavy (non-hydrogen) atoms. The van der Waals surface area contributed by atoms with Gasteiger partial charge in [-0.3, -0.25) is 4.79 Å². The Balaban J connectivity index is 1.78. The molecule has 4 rings (SSSR count). The number of fused-ring (bicyclic) bond motifs is 2. The summed E-state index contributed by atoms with van der Waals surface area (Å²) in [4.78, 5) is 13.3. The van der Waals surface area contributed by atoms with Crippen LogP contribution in [0, 0.1) is 11.7 Å². The van der Waals surface area contributed by atoms with Crippen LogP contribution in [0.5, 0.6) is 0 Å². The molecule has 2 nitrogen and oxygen atoms in total. The lowest BCUT2D eigenvalue weighted by Gasteiger charge is -2.20. The zero-order valence-electron chi connectivity index (χ0n) is 12.7. The number of hydrogen-bond donors (Lipinski definition) is 0. The maximum absolute atomic E-state index is 14.5. The van der Waals surface area contributed by atoms with Crippen LogP contribution in [0.4, 0.5) is 23.2 Å². The van der Waals surface area contributed by atoms with E-state index < -0.39 is 24.0 Å². The van der Waals surface area contributed by atoms with E-state index in [9.17, 15) is 22.4 Å². The first-order valence-electron chi connectivity index (χ1n) is 7.99. The number of halogens is 4. The number of hydrogen-bond acceptors (Lipinski definition) is 1. The Morgan fingerprint density at radius 3 is 2.52 bits per heavy atom. The average molecular weight is 327 g/mol. The minimum atomic E-state index is -4.46. The third-order valence-corrected chi connectivity index (χ3v) is 5.51. The fraction of sp³-hybridized carbons (Fsp3) is 0.588. The van der Waals surface area contributed by atoms with Gasteiger partial charge in [0.2, 0.25) is 5.91 Å². The van der Waals surface area contributed by atoms with E-state index in [1.54, 1.807) is 0 Å². The van der Waals surface area contributed by atoms with Crippen molar-refractivity contribution in [3.05, 3.63) is 29.1 Å². The minimum Gasteiger partial charge on any atom is -0.302 e. The number of carbonyl (C=O) groups excluding carboxylic acids is 1. The topological polar surface area (TPSA) is 20.3 Å². The Hall–Kier alpha value is -1.59. The molecule has 1 aromatic carbocycles. The second kappa shape index (κ2) is 4.48. The van der Waals surface area contributed by atoms with Crippen molar-refractivity contribution in [1.29, 1.82) is 0 Å². The lowest BCUT2D eigenvalue weighted by Crippen LogP contribution is -2.39. The predicted octanol–water partition coefficient (Wildman–Crippen LogP) is 4.28. The fourth-order valence-corrected chi connectivity index (χ4v) is 3.98. The SMILES string of the molecule is CC[C@H]1C[C@@H]1c1cc2c(cc1F)C1(CC1)C(=O)N2CC(F)(F)F. The van der Waals surface area contributed by atoms with Crippen LogP contribution < -0.4 is 4.90 Å². The van der Waals surface area contributed by atoms with Gasteiger partial charge in [0.05, 0.1) is 5.41 Å². The predicted molar refractivity (Wildman–Crippen MR) is 76.9 cm³/mol. The molecule has 1 spiro atoms. The van der Waals surface area contributed by atoms with Gasteiger partial charge in [-0.25, -0.2) is 4.39 Å². The molecule has 1 amide bonds. The van der Waals surface area contributed by atoms with Crippen molar-refractivity contribution in [2.45, 2.75) is 50.1 Å². The third kappa shape index (κ3) is 2.17. The number of benzene rings is 1. The normalized spacial score (nSPS) is 27.5. The highest BCUT2D eigenvalue weighted by Gasteiger charge is 2.60. The van der Waals surface area contributed by atoms with Gasteiger partial charge < -0.3 is 4.90 Å². The summed E-state index contributed by atoms with van der Waals surface area (Å²) in [5.41, 5.74) is 0.283. The number of rotatable bonds is 3. The maximum Gasteiger partial charge on any atom is 0.406 e. The fourth-order valence-electron chi connectivity index (χ4n) is 3.98. The highest BCUT2D eigenvalue weighted by molar-refractivity contribution is 6.10. The zero-order chi connectivity index (χ0) is 16.6. The van der Waals surface area contributed by atoms with E-state index in [0.717, 1.165) is 17.7 Å². The van der Waals surface area contributed by atoms with E-state index in [4.69, 9.17) is 0 Å². The van der Waals surface area contributed by atoms with Crippen LogP contribution in [-0.4, -0.2) is 18.6 Å². The van der Waals surface area contributed by atoms with E-state index >= 15 is 0 Å². The van der Waals surface area contributed by atoms with Crippen molar-refractivity contribution in [3.63, 3.8) is 0 Å². The Morgan fingerprint density at radius 2 is 2.00 bits per heavy atom. The molecule has 3 aliphatic rings. The molecule has 124 valence electrons. The van der Waals surface area contributed by atoms with Crippen LogP contribution in [-0.2, 0) is 10.2 Å². The van der Waals surface area contributed by atoms with Gasteiger partial charge in [-0.2, -0.15) is 13.2 Å². The van der Waals surface area contributed by atoms with Gasteiger partial charge in [-0.15, -0.1) is 0 Å². The second-order valence-corrected chi connectivity index (χ2v) is 6.99. The van der Waals surface area contributed by atoms with Gasteiger partial charge in [0.15, 0.2) is 0 Å². The molecule has 0 unspecified atom stereocenters. The summed E-state index contributed by atoms with van der Waals surface area (Å²) in [6, 6.07) is 2.82. The molecule has 2 atom stereocenters. The monoisotopic (exact) mass is 327 g/mol. The maximum atomic E-state index is 14.5. The first-order chi connectivity index (χ1) is 10.8. The van der Waals surface area contributed by atoms with E-state index in [2.05, 4.69) is 0 Å². The molecule has 0 saturated heterocycles. The molecular formula is C17H17F4NO. The van der Waals surface area contributed by atoms with Gasteiger partial charge in [-0.05, 0) is 54.4 Å². The van der Waals surface area contributed by atoms with Gasteiger partial charge in [0.1, 0.15) is 12.4 Å². The summed E-state index contributed by atoms with van der Waals surface area (Å²) in [7, 11) is 0. The van der Waals surface area contributed by atoms with Crippen molar-refractivity contribution in [3.8, 4) is 0 Å². The molecule has 0 aromatic heterocycles. The van der Waals surface area contributed by atoms with Crippen LogP contribution in [0.3, 0.4) is 0 Å². The highest BCUT2D eigenvalue weighted by atomic mass is 19.4. The molecule has 0 N–H and O–H groups in total. The number of alkyl halides is 3. The number of nitrogens with zero attached hydrogens (tertiary/aromatic N) is 1. The van der Waals surface area contributed by atoms with Gasteiger partial charge in [0, 0.05) is 5.69 Å². The largest absolute Gasteiger partial charge is 0.406 e. The van der Waals surface area contributed by atoms with E-state index in [0.29, 0.717) is 29.9 Å². The molecule has 0 bridgehead atoms. The number of amides is 1. The molecule has 2 aliphatic carbocycles. The summed E-state index contributed by atoms with van der Waals surface area (Å²) in [6.07, 6.45) is -1.66. The van der Waals surface area contributed by atoms with Crippen molar-refractivity contribution in [2.75, 3.05) is 11.4 Å². The molecule has 1 aromatic rings. The Morgan fingerprint density at radius 1 is 1.30 bits per heavy atom. The summed E-state index contributed by atoms with van der Waals surface area (Å²) >= 11 is 0. The highest BCUT2D eigenvalue weighted by Crippen LogP contribution is 2.59. The molecule has 0 radical (unpaired) electrons. The van der Waals surface area contributed by atoms with E-state index in [1.807, 2.05) is 6.92 Å². The van der Waals surface area contributed by atoms with E-state index in [-0.39, 0.29) is 17.4 Å². The number of carbonyl (C=O) groups is 1. The summed E-state index contributed by atoms with van der Waals surface area (Å²) in [6.45, 7) is 0.724. The molecular weight excluding hydrogens is 310 g/mol. The Labute approximate surface area is 131 Å². The minimum absolute atomic E-state index is 0.0730. The van der Waals surface area contributed by atoms with Crippen LogP contribution in [0.15, 0.2) is 12.1 Å². The van der Waals surface area contributed by atoms with Gasteiger partial charge in [0.25, 0.3) is 0 Å². The Bertz CT molecular complexity index is 693. The van der Waals surface area contributed by atoms with Crippen LogP contribution in [0.25, 0.3) is 0 Å². The first kappa shape index (κ1) is 15.0. The molecule has 2 fully saturated rings. The summed E-state index contributed by atoms with van der Waals surface area (Å²) in [5.74, 6) is -0.434. The second-order valence-electron chi connectivity index (χ2n) is 6.99. The molecule has 6 heteroatoms. The lowest BCUT2D eigenvalue weighted by atomic mass is 9.95. The number of anilines is 1. The van der Waals surface area contributed by atoms with Crippen LogP contribution >= 0.6 is 0 Å². The zero-order valence-corrected chi connectivity index (χ0v) is 12.7. The standard InChI is InChI=1S/C17H17F4NO/c1-2-9-5-10(9)11-6-14-12(7-13(11)18)16(3-4-16)15(23)22(14)8-17(19,20)21/h6-7,9-10H,2-5,8H2,1H3/t9-,10-/m0/s1. The smallest absolute Gasteiger partial charge is 0.302 e.